The molecular weight excluding hydrogens is 151 g/mol. The van der Waals surface area contributed by atoms with Crippen LogP contribution in [0, 0.1) is 0 Å². The second-order valence-electron chi connectivity index (χ2n) is 2.35. The van der Waals surface area contributed by atoms with Gasteiger partial charge >= 0.3 is 7.60 Å². The molecule has 62 valence electrons. The minimum Gasteiger partial charge on any atom is -0.324 e. The van der Waals surface area contributed by atoms with Gasteiger partial charge in [0.2, 0.25) is 0 Å². The average molecular weight is 166 g/mol. The van der Waals surface area contributed by atoms with Crippen LogP contribution in [0.5, 0.6) is 0 Å². The van der Waals surface area contributed by atoms with Crippen LogP contribution in [-0.2, 0) is 9.09 Å². The highest BCUT2D eigenvalue weighted by Crippen LogP contribution is 2.39. The maximum absolute atomic E-state index is 10.7. The van der Waals surface area contributed by atoms with Crippen LogP contribution in [0.4, 0.5) is 0 Å². The quantitative estimate of drug-likeness (QED) is 0.650. The third-order valence-corrected chi connectivity index (χ3v) is 1.94. The maximum atomic E-state index is 10.7. The number of rotatable bonds is 4. The molecule has 0 fully saturated rings. The third-order valence-electron chi connectivity index (χ3n) is 1.26. The van der Waals surface area contributed by atoms with Crippen LogP contribution < -0.4 is 0 Å². The van der Waals surface area contributed by atoms with E-state index >= 15 is 0 Å². The van der Waals surface area contributed by atoms with Crippen molar-refractivity contribution in [1.82, 2.24) is 0 Å². The highest BCUT2D eigenvalue weighted by atomic mass is 31.2. The molecule has 0 aromatic rings. The Morgan fingerprint density at radius 1 is 1.50 bits per heavy atom. The van der Waals surface area contributed by atoms with E-state index in [-0.39, 0.29) is 6.10 Å². The van der Waals surface area contributed by atoms with Crippen LogP contribution in [-0.4, -0.2) is 17.7 Å². The SMILES string of the molecule is CCC(CC)OP(C)(=O)O. The first-order chi connectivity index (χ1) is 4.49. The molecule has 0 aliphatic heterocycles. The molecule has 0 saturated carbocycles. The Labute approximate surface area is 61.9 Å². The van der Waals surface area contributed by atoms with E-state index in [2.05, 4.69) is 0 Å². The topological polar surface area (TPSA) is 46.5 Å². The highest BCUT2D eigenvalue weighted by Gasteiger charge is 2.15. The lowest BCUT2D eigenvalue weighted by molar-refractivity contribution is 0.169. The van der Waals surface area contributed by atoms with Crippen LogP contribution in [0.3, 0.4) is 0 Å². The van der Waals surface area contributed by atoms with Crippen molar-refractivity contribution in [3.63, 3.8) is 0 Å². The fourth-order valence-electron chi connectivity index (χ4n) is 0.714. The van der Waals surface area contributed by atoms with E-state index in [1.165, 1.54) is 6.66 Å². The normalized spacial score (nSPS) is 17.3. The van der Waals surface area contributed by atoms with Crippen molar-refractivity contribution in [2.24, 2.45) is 0 Å². The van der Waals surface area contributed by atoms with Gasteiger partial charge in [0.05, 0.1) is 6.10 Å². The number of hydrogen-bond donors (Lipinski definition) is 1. The Balaban J connectivity index is 3.75. The van der Waals surface area contributed by atoms with E-state index in [9.17, 15) is 4.57 Å². The first kappa shape index (κ1) is 10.2. The van der Waals surface area contributed by atoms with E-state index in [1.54, 1.807) is 0 Å². The lowest BCUT2D eigenvalue weighted by Gasteiger charge is -2.15. The predicted octanol–water partition coefficient (Wildman–Crippen LogP) is 2.01. The summed E-state index contributed by atoms with van der Waals surface area (Å²) in [7, 11) is -3.25. The Kier molecular flexibility index (Phi) is 4.18. The van der Waals surface area contributed by atoms with Gasteiger partial charge in [0.15, 0.2) is 0 Å². The highest BCUT2D eigenvalue weighted by molar-refractivity contribution is 7.51. The average Bonchev–Trinajstić information content (AvgIpc) is 1.81. The molecule has 0 aromatic heterocycles. The van der Waals surface area contributed by atoms with Crippen molar-refractivity contribution >= 4 is 7.60 Å². The van der Waals surface area contributed by atoms with Crippen molar-refractivity contribution < 1.29 is 14.0 Å². The zero-order valence-corrected chi connectivity index (χ0v) is 7.60. The molecule has 0 rings (SSSR count). The van der Waals surface area contributed by atoms with Crippen molar-refractivity contribution in [2.45, 2.75) is 32.8 Å². The molecule has 0 aliphatic carbocycles. The summed E-state index contributed by atoms with van der Waals surface area (Å²) >= 11 is 0. The maximum Gasteiger partial charge on any atom is 0.325 e. The van der Waals surface area contributed by atoms with Crippen molar-refractivity contribution in [2.75, 3.05) is 6.66 Å². The molecule has 0 aromatic carbocycles. The molecule has 0 spiro atoms. The lowest BCUT2D eigenvalue weighted by Crippen LogP contribution is -2.07. The molecule has 0 bridgehead atoms. The van der Waals surface area contributed by atoms with Crippen LogP contribution in [0.1, 0.15) is 26.7 Å². The first-order valence-corrected chi connectivity index (χ1v) is 5.50. The molecule has 0 radical (unpaired) electrons. The van der Waals surface area contributed by atoms with Crippen molar-refractivity contribution in [1.29, 1.82) is 0 Å². The van der Waals surface area contributed by atoms with Crippen LogP contribution >= 0.6 is 7.60 Å². The fourth-order valence-corrected chi connectivity index (χ4v) is 1.57. The van der Waals surface area contributed by atoms with Gasteiger partial charge in [-0.1, -0.05) is 13.8 Å². The van der Waals surface area contributed by atoms with Gasteiger partial charge in [-0.2, -0.15) is 0 Å². The zero-order valence-electron chi connectivity index (χ0n) is 6.70. The summed E-state index contributed by atoms with van der Waals surface area (Å²) in [6.07, 6.45) is 1.50. The van der Waals surface area contributed by atoms with E-state index in [1.807, 2.05) is 13.8 Å². The molecule has 1 N–H and O–H groups in total. The smallest absolute Gasteiger partial charge is 0.324 e. The third kappa shape index (κ3) is 4.98. The Hall–Kier alpha value is 0.150. The monoisotopic (exact) mass is 166 g/mol. The Bertz CT molecular complexity index is 125. The molecule has 4 heteroatoms. The Morgan fingerprint density at radius 3 is 2.00 bits per heavy atom. The van der Waals surface area contributed by atoms with Gasteiger partial charge in [0.25, 0.3) is 0 Å². The second kappa shape index (κ2) is 4.12. The molecule has 3 nitrogen and oxygen atoms in total. The van der Waals surface area contributed by atoms with Crippen LogP contribution in [0.15, 0.2) is 0 Å². The molecule has 0 saturated heterocycles. The molecule has 1 unspecified atom stereocenters. The summed E-state index contributed by atoms with van der Waals surface area (Å²) in [6, 6.07) is 0. The van der Waals surface area contributed by atoms with Gasteiger partial charge in [-0.3, -0.25) is 4.57 Å². The van der Waals surface area contributed by atoms with E-state index in [0.29, 0.717) is 0 Å². The van der Waals surface area contributed by atoms with Gasteiger partial charge in [0, 0.05) is 6.66 Å². The zero-order chi connectivity index (χ0) is 8.20. The van der Waals surface area contributed by atoms with Gasteiger partial charge in [-0.15, -0.1) is 0 Å². The van der Waals surface area contributed by atoms with E-state index in [4.69, 9.17) is 9.42 Å². The fraction of sp³-hybridized carbons (Fsp3) is 1.00. The molecular formula is C6H15O3P. The number of hydrogen-bond acceptors (Lipinski definition) is 2. The minimum absolute atomic E-state index is 0.0687. The standard InChI is InChI=1S/C6H15O3P/c1-4-6(5-2)9-10(3,7)8/h6H,4-5H2,1-3H3,(H,7,8). The summed E-state index contributed by atoms with van der Waals surface area (Å²) in [5, 5.41) is 0. The summed E-state index contributed by atoms with van der Waals surface area (Å²) in [4.78, 5) is 8.78. The lowest BCUT2D eigenvalue weighted by atomic mass is 10.2. The van der Waals surface area contributed by atoms with Gasteiger partial charge in [-0.05, 0) is 12.8 Å². The van der Waals surface area contributed by atoms with Crippen molar-refractivity contribution in [3.8, 4) is 0 Å². The molecule has 0 heterocycles. The minimum atomic E-state index is -3.25. The summed E-state index contributed by atoms with van der Waals surface area (Å²) < 4.78 is 15.5. The van der Waals surface area contributed by atoms with Crippen molar-refractivity contribution in [3.05, 3.63) is 0 Å². The summed E-state index contributed by atoms with van der Waals surface area (Å²) in [6.45, 7) is 5.08. The molecule has 1 atom stereocenters. The molecule has 0 aliphatic rings. The second-order valence-corrected chi connectivity index (χ2v) is 4.16. The van der Waals surface area contributed by atoms with Crippen LogP contribution in [0.2, 0.25) is 0 Å². The first-order valence-electron chi connectivity index (χ1n) is 3.48. The summed E-state index contributed by atoms with van der Waals surface area (Å²) in [5.74, 6) is 0. The van der Waals surface area contributed by atoms with Gasteiger partial charge in [-0.25, -0.2) is 0 Å². The van der Waals surface area contributed by atoms with E-state index in [0.717, 1.165) is 12.8 Å². The summed E-state index contributed by atoms with van der Waals surface area (Å²) in [5.41, 5.74) is 0. The van der Waals surface area contributed by atoms with E-state index < -0.39 is 7.60 Å². The van der Waals surface area contributed by atoms with Gasteiger partial charge in [0.1, 0.15) is 0 Å². The van der Waals surface area contributed by atoms with Gasteiger partial charge < -0.3 is 9.42 Å². The molecule has 0 amide bonds. The van der Waals surface area contributed by atoms with Crippen LogP contribution in [0.25, 0.3) is 0 Å². The predicted molar refractivity (Wildman–Crippen MR) is 41.2 cm³/mol. The molecule has 10 heavy (non-hydrogen) atoms. The largest absolute Gasteiger partial charge is 0.325 e. The Morgan fingerprint density at radius 2 is 1.90 bits per heavy atom.